The maximum absolute atomic E-state index is 11.7. The van der Waals surface area contributed by atoms with Crippen molar-refractivity contribution in [2.45, 2.75) is 18.6 Å². The summed E-state index contributed by atoms with van der Waals surface area (Å²) in [5, 5.41) is 0. The summed E-state index contributed by atoms with van der Waals surface area (Å²) in [6.45, 7) is 3.09. The molecule has 2 N–H and O–H groups in total. The average molecular weight is 197 g/mol. The molecule has 0 heterocycles. The molecule has 0 aliphatic heterocycles. The molecule has 0 bridgehead atoms. The lowest BCUT2D eigenvalue weighted by Gasteiger charge is -2.12. The van der Waals surface area contributed by atoms with Crippen LogP contribution >= 0.6 is 0 Å². The molecule has 0 saturated heterocycles. The van der Waals surface area contributed by atoms with E-state index in [4.69, 9.17) is 5.73 Å². The summed E-state index contributed by atoms with van der Waals surface area (Å²) in [6.07, 6.45) is -4.58. The molecule has 13 heavy (non-hydrogen) atoms. The summed E-state index contributed by atoms with van der Waals surface area (Å²) in [5.74, 6) is -1.07. The number of rotatable bonds is 4. The molecule has 1 unspecified atom stereocenters. The van der Waals surface area contributed by atoms with Crippen LogP contribution in [0.3, 0.4) is 0 Å². The minimum Gasteiger partial charge on any atom is -0.460 e. The van der Waals surface area contributed by atoms with Gasteiger partial charge in [-0.1, -0.05) is 12.7 Å². The first kappa shape index (κ1) is 12.0. The van der Waals surface area contributed by atoms with Crippen molar-refractivity contribution in [1.29, 1.82) is 0 Å². The van der Waals surface area contributed by atoms with Gasteiger partial charge in [0.1, 0.15) is 12.6 Å². The Morgan fingerprint density at radius 2 is 2.15 bits per heavy atom. The SMILES string of the molecule is C=CCOC(=O)C(N)CC(F)(F)F. The van der Waals surface area contributed by atoms with Gasteiger partial charge in [0.2, 0.25) is 0 Å². The van der Waals surface area contributed by atoms with Gasteiger partial charge in [0.25, 0.3) is 0 Å². The van der Waals surface area contributed by atoms with Crippen LogP contribution in [0.2, 0.25) is 0 Å². The Labute approximate surface area is 73.4 Å². The number of esters is 1. The molecule has 0 aromatic carbocycles. The summed E-state index contributed by atoms with van der Waals surface area (Å²) in [4.78, 5) is 10.7. The quantitative estimate of drug-likeness (QED) is 0.540. The van der Waals surface area contributed by atoms with Crippen LogP contribution in [0.1, 0.15) is 6.42 Å². The highest BCUT2D eigenvalue weighted by Crippen LogP contribution is 2.20. The van der Waals surface area contributed by atoms with Crippen molar-refractivity contribution in [2.24, 2.45) is 5.73 Å². The van der Waals surface area contributed by atoms with E-state index in [2.05, 4.69) is 11.3 Å². The Morgan fingerprint density at radius 3 is 2.54 bits per heavy atom. The summed E-state index contributed by atoms with van der Waals surface area (Å²) in [5.41, 5.74) is 4.92. The average Bonchev–Trinajstić information content (AvgIpc) is 1.96. The van der Waals surface area contributed by atoms with Crippen molar-refractivity contribution in [3.05, 3.63) is 12.7 Å². The van der Waals surface area contributed by atoms with Gasteiger partial charge in [-0.3, -0.25) is 4.79 Å². The van der Waals surface area contributed by atoms with Crippen molar-refractivity contribution in [1.82, 2.24) is 0 Å². The summed E-state index contributed by atoms with van der Waals surface area (Å²) >= 11 is 0. The second-order valence-corrected chi connectivity index (χ2v) is 2.34. The molecular formula is C7H10F3NO2. The van der Waals surface area contributed by atoms with Crippen molar-refractivity contribution >= 4 is 5.97 Å². The van der Waals surface area contributed by atoms with Gasteiger partial charge in [-0.25, -0.2) is 0 Å². The number of ether oxygens (including phenoxy) is 1. The molecule has 0 spiro atoms. The Morgan fingerprint density at radius 1 is 1.62 bits per heavy atom. The number of halogens is 3. The first-order valence-electron chi connectivity index (χ1n) is 3.46. The molecule has 0 fully saturated rings. The lowest BCUT2D eigenvalue weighted by Crippen LogP contribution is -2.36. The zero-order chi connectivity index (χ0) is 10.5. The van der Waals surface area contributed by atoms with Crippen molar-refractivity contribution in [2.75, 3.05) is 6.61 Å². The summed E-state index contributed by atoms with van der Waals surface area (Å²) in [7, 11) is 0. The fraction of sp³-hybridized carbons (Fsp3) is 0.571. The van der Waals surface area contributed by atoms with E-state index in [0.717, 1.165) is 0 Å². The third kappa shape index (κ3) is 6.15. The van der Waals surface area contributed by atoms with E-state index in [1.54, 1.807) is 0 Å². The Bertz CT molecular complexity index is 191. The molecule has 0 aromatic heterocycles. The van der Waals surface area contributed by atoms with Gasteiger partial charge in [0.05, 0.1) is 6.42 Å². The minimum absolute atomic E-state index is 0.135. The van der Waals surface area contributed by atoms with Crippen LogP contribution in [0.25, 0.3) is 0 Å². The van der Waals surface area contributed by atoms with Crippen LogP contribution in [0.5, 0.6) is 0 Å². The van der Waals surface area contributed by atoms with E-state index in [-0.39, 0.29) is 6.61 Å². The second-order valence-electron chi connectivity index (χ2n) is 2.34. The molecule has 0 radical (unpaired) electrons. The molecular weight excluding hydrogens is 187 g/mol. The molecule has 0 amide bonds. The van der Waals surface area contributed by atoms with Gasteiger partial charge >= 0.3 is 12.1 Å². The molecule has 1 atom stereocenters. The summed E-state index contributed by atoms with van der Waals surface area (Å²) < 4.78 is 39.4. The molecule has 0 aliphatic rings. The zero-order valence-corrected chi connectivity index (χ0v) is 6.80. The highest BCUT2D eigenvalue weighted by molar-refractivity contribution is 5.75. The molecule has 0 rings (SSSR count). The molecule has 6 heteroatoms. The van der Waals surface area contributed by atoms with E-state index in [9.17, 15) is 18.0 Å². The number of alkyl halides is 3. The van der Waals surface area contributed by atoms with Crippen LogP contribution in [-0.2, 0) is 9.53 Å². The van der Waals surface area contributed by atoms with E-state index in [1.165, 1.54) is 6.08 Å². The molecule has 76 valence electrons. The highest BCUT2D eigenvalue weighted by atomic mass is 19.4. The van der Waals surface area contributed by atoms with Crippen molar-refractivity contribution in [3.8, 4) is 0 Å². The Hall–Kier alpha value is -1.04. The van der Waals surface area contributed by atoms with E-state index in [1.807, 2.05) is 0 Å². The molecule has 3 nitrogen and oxygen atoms in total. The lowest BCUT2D eigenvalue weighted by molar-refractivity contribution is -0.159. The third-order valence-electron chi connectivity index (χ3n) is 1.10. The first-order chi connectivity index (χ1) is 5.87. The number of hydrogen-bond donors (Lipinski definition) is 1. The van der Waals surface area contributed by atoms with Crippen molar-refractivity contribution < 1.29 is 22.7 Å². The van der Waals surface area contributed by atoms with Gasteiger partial charge in [0, 0.05) is 0 Å². The predicted molar refractivity (Wildman–Crippen MR) is 39.8 cm³/mol. The standard InChI is InChI=1S/C7H10F3NO2/c1-2-3-13-6(12)5(11)4-7(8,9)10/h2,5H,1,3-4,11H2. The Kier molecular flexibility index (Phi) is 4.47. The first-order valence-corrected chi connectivity index (χ1v) is 3.46. The number of carbonyl (C=O) groups is 1. The van der Waals surface area contributed by atoms with Crippen molar-refractivity contribution in [3.63, 3.8) is 0 Å². The minimum atomic E-state index is -4.45. The van der Waals surface area contributed by atoms with Crippen LogP contribution < -0.4 is 5.73 Å². The monoisotopic (exact) mass is 197 g/mol. The van der Waals surface area contributed by atoms with Gasteiger partial charge in [-0.05, 0) is 0 Å². The van der Waals surface area contributed by atoms with Crippen LogP contribution in [0.4, 0.5) is 13.2 Å². The molecule has 0 saturated carbocycles. The normalized spacial score (nSPS) is 13.5. The smallest absolute Gasteiger partial charge is 0.391 e. The predicted octanol–water partition coefficient (Wildman–Crippen LogP) is 0.995. The van der Waals surface area contributed by atoms with E-state index in [0.29, 0.717) is 0 Å². The van der Waals surface area contributed by atoms with Gasteiger partial charge in [-0.2, -0.15) is 13.2 Å². The number of hydrogen-bond acceptors (Lipinski definition) is 3. The fourth-order valence-electron chi connectivity index (χ4n) is 0.581. The number of carbonyl (C=O) groups excluding carboxylic acids is 1. The van der Waals surface area contributed by atoms with Gasteiger partial charge < -0.3 is 10.5 Å². The number of nitrogens with two attached hydrogens (primary N) is 1. The maximum Gasteiger partial charge on any atom is 0.391 e. The van der Waals surface area contributed by atoms with Crippen LogP contribution in [0.15, 0.2) is 12.7 Å². The lowest BCUT2D eigenvalue weighted by atomic mass is 10.2. The molecule has 0 aromatic rings. The molecule has 0 aliphatic carbocycles. The second kappa shape index (κ2) is 4.86. The van der Waals surface area contributed by atoms with E-state index >= 15 is 0 Å². The largest absolute Gasteiger partial charge is 0.460 e. The highest BCUT2D eigenvalue weighted by Gasteiger charge is 2.33. The van der Waals surface area contributed by atoms with Gasteiger partial charge in [-0.15, -0.1) is 0 Å². The maximum atomic E-state index is 11.7. The van der Waals surface area contributed by atoms with Gasteiger partial charge in [0.15, 0.2) is 0 Å². The zero-order valence-electron chi connectivity index (χ0n) is 6.80. The topological polar surface area (TPSA) is 52.3 Å². The summed E-state index contributed by atoms with van der Waals surface area (Å²) in [6, 6.07) is -1.65. The fourth-order valence-corrected chi connectivity index (χ4v) is 0.581. The van der Waals surface area contributed by atoms with E-state index < -0.39 is 24.6 Å². The van der Waals surface area contributed by atoms with Crippen LogP contribution in [-0.4, -0.2) is 24.8 Å². The third-order valence-corrected chi connectivity index (χ3v) is 1.10. The Balaban J connectivity index is 3.89. The van der Waals surface area contributed by atoms with Crippen LogP contribution in [0, 0.1) is 0 Å².